The van der Waals surface area contributed by atoms with Gasteiger partial charge >= 0.3 is 0 Å². The first kappa shape index (κ1) is 14.9. The van der Waals surface area contributed by atoms with Crippen molar-refractivity contribution in [2.45, 2.75) is 38.6 Å². The van der Waals surface area contributed by atoms with Gasteiger partial charge in [-0.2, -0.15) is 0 Å². The lowest BCUT2D eigenvalue weighted by Gasteiger charge is -2.22. The number of ether oxygens (including phenoxy) is 1. The van der Waals surface area contributed by atoms with Gasteiger partial charge in [0, 0.05) is 6.54 Å². The van der Waals surface area contributed by atoms with Gasteiger partial charge in [0.05, 0.1) is 12.6 Å². The number of nitrogens with one attached hydrogen (secondary N) is 2. The van der Waals surface area contributed by atoms with Crippen molar-refractivity contribution in [2.24, 2.45) is 0 Å². The minimum absolute atomic E-state index is 0.00844. The number of para-hydroxylation sites is 1. The van der Waals surface area contributed by atoms with Crippen LogP contribution in [0.2, 0.25) is 0 Å². The summed E-state index contributed by atoms with van der Waals surface area (Å²) in [6.07, 6.45) is 4.06. The Labute approximate surface area is 120 Å². The lowest BCUT2D eigenvalue weighted by Crippen LogP contribution is -2.47. The van der Waals surface area contributed by atoms with Crippen LogP contribution < -0.4 is 15.4 Å². The van der Waals surface area contributed by atoms with E-state index in [1.54, 1.807) is 0 Å². The molecular weight excluding hydrogens is 252 g/mol. The van der Waals surface area contributed by atoms with Crippen LogP contribution in [0, 0.1) is 0 Å². The molecule has 1 fully saturated rings. The number of benzene rings is 1. The van der Waals surface area contributed by atoms with Gasteiger partial charge in [0.1, 0.15) is 5.75 Å². The largest absolute Gasteiger partial charge is 0.494 e. The van der Waals surface area contributed by atoms with Crippen LogP contribution in [0.5, 0.6) is 5.75 Å². The van der Waals surface area contributed by atoms with Gasteiger partial charge in [-0.25, -0.2) is 0 Å². The summed E-state index contributed by atoms with van der Waals surface area (Å²) < 4.78 is 5.59. The Hall–Kier alpha value is -1.55. The highest BCUT2D eigenvalue weighted by atomic mass is 16.5. The summed E-state index contributed by atoms with van der Waals surface area (Å²) in [5.74, 6) is 1.04. The van der Waals surface area contributed by atoms with E-state index < -0.39 is 0 Å². The standard InChI is InChI=1S/C16H24N2O2/c1-2-20-15-9-4-3-7-13(15)10-12-18-16(19)14-8-5-6-11-17-14/h3-4,7,9,14,17H,2,5-6,8,10-12H2,1H3,(H,18,19). The first-order valence-electron chi connectivity index (χ1n) is 7.53. The van der Waals surface area contributed by atoms with Gasteiger partial charge in [0.15, 0.2) is 0 Å². The second kappa shape index (κ2) is 7.90. The fraction of sp³-hybridized carbons (Fsp3) is 0.562. The predicted octanol–water partition coefficient (Wildman–Crippen LogP) is 1.89. The van der Waals surface area contributed by atoms with Crippen LogP contribution in [-0.2, 0) is 11.2 Å². The molecule has 4 heteroatoms. The zero-order valence-corrected chi connectivity index (χ0v) is 12.2. The highest BCUT2D eigenvalue weighted by Gasteiger charge is 2.19. The van der Waals surface area contributed by atoms with Crippen molar-refractivity contribution in [3.63, 3.8) is 0 Å². The van der Waals surface area contributed by atoms with E-state index in [4.69, 9.17) is 4.74 Å². The Morgan fingerprint density at radius 2 is 2.25 bits per heavy atom. The number of hydrogen-bond acceptors (Lipinski definition) is 3. The highest BCUT2D eigenvalue weighted by molar-refractivity contribution is 5.81. The van der Waals surface area contributed by atoms with Crippen molar-refractivity contribution < 1.29 is 9.53 Å². The lowest BCUT2D eigenvalue weighted by molar-refractivity contribution is -0.123. The molecule has 1 atom stereocenters. The third kappa shape index (κ3) is 4.23. The quantitative estimate of drug-likeness (QED) is 0.834. The molecule has 1 aliphatic heterocycles. The Kier molecular flexibility index (Phi) is 5.87. The predicted molar refractivity (Wildman–Crippen MR) is 80.0 cm³/mol. The first-order valence-corrected chi connectivity index (χ1v) is 7.53. The number of rotatable bonds is 6. The molecule has 1 unspecified atom stereocenters. The van der Waals surface area contributed by atoms with Crippen molar-refractivity contribution >= 4 is 5.91 Å². The maximum absolute atomic E-state index is 12.0. The van der Waals surface area contributed by atoms with Crippen LogP contribution in [0.15, 0.2) is 24.3 Å². The van der Waals surface area contributed by atoms with E-state index in [2.05, 4.69) is 16.7 Å². The molecule has 1 heterocycles. The third-order valence-corrected chi connectivity index (χ3v) is 3.59. The first-order chi connectivity index (χ1) is 9.81. The summed E-state index contributed by atoms with van der Waals surface area (Å²) >= 11 is 0. The highest BCUT2D eigenvalue weighted by Crippen LogP contribution is 2.18. The van der Waals surface area contributed by atoms with Crippen molar-refractivity contribution in [3.05, 3.63) is 29.8 Å². The zero-order chi connectivity index (χ0) is 14.2. The van der Waals surface area contributed by atoms with Crippen LogP contribution in [0.3, 0.4) is 0 Å². The molecular formula is C16H24N2O2. The number of piperidine rings is 1. The monoisotopic (exact) mass is 276 g/mol. The minimum atomic E-state index is -0.00844. The van der Waals surface area contributed by atoms with Crippen LogP contribution in [0.25, 0.3) is 0 Å². The van der Waals surface area contributed by atoms with Gasteiger partial charge in [-0.05, 0) is 44.4 Å². The molecule has 0 aromatic heterocycles. The SMILES string of the molecule is CCOc1ccccc1CCNC(=O)C1CCCCN1. The average molecular weight is 276 g/mol. The molecule has 1 aromatic carbocycles. The summed E-state index contributed by atoms with van der Waals surface area (Å²) in [4.78, 5) is 12.0. The maximum Gasteiger partial charge on any atom is 0.237 e. The number of carbonyl (C=O) groups excluding carboxylic acids is 1. The van der Waals surface area contributed by atoms with E-state index in [1.165, 1.54) is 6.42 Å². The van der Waals surface area contributed by atoms with Gasteiger partial charge in [-0.3, -0.25) is 4.79 Å². The van der Waals surface area contributed by atoms with Crippen molar-refractivity contribution in [1.82, 2.24) is 10.6 Å². The second-order valence-electron chi connectivity index (χ2n) is 5.08. The summed E-state index contributed by atoms with van der Waals surface area (Å²) in [6, 6.07) is 7.99. The molecule has 4 nitrogen and oxygen atoms in total. The summed E-state index contributed by atoms with van der Waals surface area (Å²) in [7, 11) is 0. The van der Waals surface area contributed by atoms with Crippen molar-refractivity contribution in [1.29, 1.82) is 0 Å². The van der Waals surface area contributed by atoms with E-state index >= 15 is 0 Å². The Balaban J connectivity index is 1.79. The van der Waals surface area contributed by atoms with Gasteiger partial charge in [-0.15, -0.1) is 0 Å². The van der Waals surface area contributed by atoms with Crippen LogP contribution in [0.1, 0.15) is 31.7 Å². The molecule has 1 aliphatic rings. The van der Waals surface area contributed by atoms with Gasteiger partial charge in [0.2, 0.25) is 5.91 Å². The molecule has 1 aromatic rings. The van der Waals surface area contributed by atoms with E-state index in [0.29, 0.717) is 13.2 Å². The van der Waals surface area contributed by atoms with Gasteiger partial charge < -0.3 is 15.4 Å². The zero-order valence-electron chi connectivity index (χ0n) is 12.2. The third-order valence-electron chi connectivity index (χ3n) is 3.59. The van der Waals surface area contributed by atoms with E-state index in [-0.39, 0.29) is 11.9 Å². The molecule has 0 saturated carbocycles. The van der Waals surface area contributed by atoms with Gasteiger partial charge in [-0.1, -0.05) is 24.6 Å². The smallest absolute Gasteiger partial charge is 0.237 e. The number of hydrogen-bond donors (Lipinski definition) is 2. The number of carbonyl (C=O) groups is 1. The van der Waals surface area contributed by atoms with E-state index in [9.17, 15) is 4.79 Å². The maximum atomic E-state index is 12.0. The lowest BCUT2D eigenvalue weighted by atomic mass is 10.0. The van der Waals surface area contributed by atoms with Gasteiger partial charge in [0.25, 0.3) is 0 Å². The molecule has 1 saturated heterocycles. The van der Waals surface area contributed by atoms with Crippen LogP contribution >= 0.6 is 0 Å². The van der Waals surface area contributed by atoms with E-state index in [0.717, 1.165) is 37.1 Å². The van der Waals surface area contributed by atoms with Crippen molar-refractivity contribution in [3.8, 4) is 5.75 Å². The second-order valence-corrected chi connectivity index (χ2v) is 5.08. The Morgan fingerprint density at radius 1 is 1.40 bits per heavy atom. The fourth-order valence-corrected chi connectivity index (χ4v) is 2.53. The molecule has 0 spiro atoms. The van der Waals surface area contributed by atoms with Crippen molar-refractivity contribution in [2.75, 3.05) is 19.7 Å². The summed E-state index contributed by atoms with van der Waals surface area (Å²) in [6.45, 7) is 4.25. The summed E-state index contributed by atoms with van der Waals surface area (Å²) in [5.41, 5.74) is 1.14. The van der Waals surface area contributed by atoms with E-state index in [1.807, 2.05) is 25.1 Å². The molecule has 0 radical (unpaired) electrons. The molecule has 0 aliphatic carbocycles. The van der Waals surface area contributed by atoms with Crippen LogP contribution in [0.4, 0.5) is 0 Å². The Morgan fingerprint density at radius 3 is 3.00 bits per heavy atom. The fourth-order valence-electron chi connectivity index (χ4n) is 2.53. The topological polar surface area (TPSA) is 50.4 Å². The molecule has 0 bridgehead atoms. The molecule has 2 rings (SSSR count). The van der Waals surface area contributed by atoms with Crippen LogP contribution in [-0.4, -0.2) is 31.6 Å². The minimum Gasteiger partial charge on any atom is -0.494 e. The Bertz CT molecular complexity index is 428. The average Bonchev–Trinajstić information content (AvgIpc) is 2.50. The number of amides is 1. The normalized spacial score (nSPS) is 18.6. The molecule has 1 amide bonds. The molecule has 20 heavy (non-hydrogen) atoms. The molecule has 2 N–H and O–H groups in total. The molecule has 110 valence electrons. The summed E-state index contributed by atoms with van der Waals surface area (Å²) in [5, 5.41) is 6.28.